The molecule has 2 amide bonds. The summed E-state index contributed by atoms with van der Waals surface area (Å²) < 4.78 is 27.3. The van der Waals surface area contributed by atoms with E-state index in [1.54, 1.807) is 12.1 Å². The van der Waals surface area contributed by atoms with Gasteiger partial charge in [0.1, 0.15) is 11.6 Å². The number of rotatable bonds is 6. The van der Waals surface area contributed by atoms with E-state index in [2.05, 4.69) is 10.6 Å². The van der Waals surface area contributed by atoms with Crippen LogP contribution in [0.15, 0.2) is 30.3 Å². The van der Waals surface area contributed by atoms with Gasteiger partial charge in [-0.05, 0) is 63.3 Å². The minimum Gasteiger partial charge on any atom is -0.376 e. The van der Waals surface area contributed by atoms with Gasteiger partial charge in [-0.25, -0.2) is 8.78 Å². The van der Waals surface area contributed by atoms with Gasteiger partial charge in [-0.15, -0.1) is 0 Å². The van der Waals surface area contributed by atoms with Crippen molar-refractivity contribution in [3.05, 3.63) is 57.6 Å². The predicted octanol–water partition coefficient (Wildman–Crippen LogP) is 5.58. The lowest BCUT2D eigenvalue weighted by molar-refractivity contribution is -0.121. The zero-order valence-corrected chi connectivity index (χ0v) is 20.3. The molecule has 2 N–H and O–H groups in total. The van der Waals surface area contributed by atoms with Crippen LogP contribution in [0.3, 0.4) is 0 Å². The fourth-order valence-corrected chi connectivity index (χ4v) is 4.56. The Bertz CT molecular complexity index is 1030. The molecule has 33 heavy (non-hydrogen) atoms. The number of hydrogen-bond acceptors (Lipinski definition) is 3. The van der Waals surface area contributed by atoms with Gasteiger partial charge in [0.15, 0.2) is 0 Å². The molecule has 0 radical (unpaired) electrons. The van der Waals surface area contributed by atoms with Crippen LogP contribution < -0.4 is 15.5 Å². The summed E-state index contributed by atoms with van der Waals surface area (Å²) in [7, 11) is 0. The summed E-state index contributed by atoms with van der Waals surface area (Å²) in [6, 6.07) is 6.75. The van der Waals surface area contributed by atoms with E-state index >= 15 is 0 Å². The van der Waals surface area contributed by atoms with Gasteiger partial charge in [-0.1, -0.05) is 29.3 Å². The average molecular weight is 498 g/mol. The van der Waals surface area contributed by atoms with Crippen LogP contribution in [0.25, 0.3) is 0 Å². The molecular formula is C24H27Cl2F2N3O2. The van der Waals surface area contributed by atoms with Crippen LogP contribution in [0.2, 0.25) is 10.0 Å². The highest BCUT2D eigenvalue weighted by Crippen LogP contribution is 2.39. The molecule has 1 heterocycles. The molecule has 2 aromatic carbocycles. The summed E-state index contributed by atoms with van der Waals surface area (Å²) in [6.45, 7) is 6.02. The summed E-state index contributed by atoms with van der Waals surface area (Å²) in [5.41, 5.74) is 0.991. The molecular weight excluding hydrogens is 471 g/mol. The number of halogens is 4. The third kappa shape index (κ3) is 6.81. The van der Waals surface area contributed by atoms with Crippen molar-refractivity contribution in [3.8, 4) is 0 Å². The second-order valence-electron chi connectivity index (χ2n) is 9.29. The Morgan fingerprint density at radius 1 is 1.15 bits per heavy atom. The number of piperidine rings is 1. The first kappa shape index (κ1) is 25.2. The van der Waals surface area contributed by atoms with Crippen LogP contribution in [0, 0.1) is 17.6 Å². The molecule has 1 atom stereocenters. The number of amides is 2. The fourth-order valence-electron chi connectivity index (χ4n) is 3.86. The number of nitrogens with one attached hydrogen (secondary N) is 2. The van der Waals surface area contributed by atoms with Crippen molar-refractivity contribution in [2.45, 2.75) is 45.6 Å². The Kier molecular flexibility index (Phi) is 7.85. The number of carbonyl (C=O) groups is 2. The Morgan fingerprint density at radius 3 is 2.42 bits per heavy atom. The first-order chi connectivity index (χ1) is 15.4. The Hall–Kier alpha value is -2.38. The zero-order valence-electron chi connectivity index (χ0n) is 18.8. The minimum absolute atomic E-state index is 0.0336. The Balaban J connectivity index is 1.72. The lowest BCUT2D eigenvalue weighted by atomic mass is 9.90. The lowest BCUT2D eigenvalue weighted by Gasteiger charge is -2.34. The second-order valence-corrected chi connectivity index (χ2v) is 10.1. The summed E-state index contributed by atoms with van der Waals surface area (Å²) in [5.74, 6) is -1.56. The molecule has 178 valence electrons. The van der Waals surface area contributed by atoms with Crippen molar-refractivity contribution < 1.29 is 18.4 Å². The van der Waals surface area contributed by atoms with E-state index in [0.29, 0.717) is 36.3 Å². The number of benzene rings is 2. The van der Waals surface area contributed by atoms with Gasteiger partial charge in [0.25, 0.3) is 0 Å². The molecule has 0 bridgehead atoms. The van der Waals surface area contributed by atoms with E-state index < -0.39 is 11.6 Å². The van der Waals surface area contributed by atoms with Gasteiger partial charge in [-0.3, -0.25) is 9.59 Å². The monoisotopic (exact) mass is 497 g/mol. The largest absolute Gasteiger partial charge is 0.376 e. The van der Waals surface area contributed by atoms with Crippen molar-refractivity contribution in [2.75, 3.05) is 23.3 Å². The standard InChI is InChI=1S/C24H27Cl2F2N3O2/c1-24(2,3)30-21(32)12-29-17-10-18(25)23(19(26)11-17)31-13-14(4-7-22(31)33)8-15-5-6-16(27)9-20(15)28/h5-6,9-11,14,29H,4,7-8,12-13H2,1-3H3,(H,30,32). The van der Waals surface area contributed by atoms with Crippen molar-refractivity contribution in [2.24, 2.45) is 5.92 Å². The van der Waals surface area contributed by atoms with E-state index in [1.165, 1.54) is 17.0 Å². The van der Waals surface area contributed by atoms with E-state index in [9.17, 15) is 18.4 Å². The number of nitrogens with zero attached hydrogens (tertiary/aromatic N) is 1. The Morgan fingerprint density at radius 2 is 1.82 bits per heavy atom. The maximum Gasteiger partial charge on any atom is 0.239 e. The van der Waals surface area contributed by atoms with E-state index in [4.69, 9.17) is 23.2 Å². The van der Waals surface area contributed by atoms with Crippen LogP contribution in [-0.2, 0) is 16.0 Å². The maximum absolute atomic E-state index is 14.1. The third-order valence-corrected chi connectivity index (χ3v) is 5.86. The van der Waals surface area contributed by atoms with Crippen LogP contribution in [0.1, 0.15) is 39.2 Å². The van der Waals surface area contributed by atoms with E-state index in [0.717, 1.165) is 6.07 Å². The smallest absolute Gasteiger partial charge is 0.239 e. The summed E-state index contributed by atoms with van der Waals surface area (Å²) in [6.07, 6.45) is 1.23. The number of hydrogen-bond donors (Lipinski definition) is 2. The SMILES string of the molecule is CC(C)(C)NC(=O)CNc1cc(Cl)c(N2CC(Cc3ccc(F)cc3F)CCC2=O)c(Cl)c1. The number of anilines is 2. The Labute approximate surface area is 202 Å². The summed E-state index contributed by atoms with van der Waals surface area (Å²) >= 11 is 13.0. The van der Waals surface area contributed by atoms with Gasteiger partial charge in [0, 0.05) is 30.3 Å². The molecule has 0 aliphatic carbocycles. The second kappa shape index (κ2) is 10.3. The van der Waals surface area contributed by atoms with E-state index in [-0.39, 0.29) is 46.3 Å². The normalized spacial score (nSPS) is 16.6. The maximum atomic E-state index is 14.1. The van der Waals surface area contributed by atoms with E-state index in [1.807, 2.05) is 20.8 Å². The molecule has 5 nitrogen and oxygen atoms in total. The van der Waals surface area contributed by atoms with Crippen molar-refractivity contribution in [1.29, 1.82) is 0 Å². The molecule has 1 aliphatic heterocycles. The first-order valence-corrected chi connectivity index (χ1v) is 11.5. The van der Waals surface area contributed by atoms with Crippen molar-refractivity contribution in [3.63, 3.8) is 0 Å². The quantitative estimate of drug-likeness (QED) is 0.547. The molecule has 2 aromatic rings. The van der Waals surface area contributed by atoms with Crippen LogP contribution in [0.4, 0.5) is 20.2 Å². The summed E-state index contributed by atoms with van der Waals surface area (Å²) in [5, 5.41) is 6.37. The highest BCUT2D eigenvalue weighted by atomic mass is 35.5. The molecule has 1 fully saturated rings. The van der Waals surface area contributed by atoms with Gasteiger partial charge in [-0.2, -0.15) is 0 Å². The van der Waals surface area contributed by atoms with Crippen LogP contribution >= 0.6 is 23.2 Å². The van der Waals surface area contributed by atoms with Gasteiger partial charge in [0.2, 0.25) is 11.8 Å². The molecule has 1 saturated heterocycles. The molecule has 1 unspecified atom stereocenters. The average Bonchev–Trinajstić information content (AvgIpc) is 2.69. The molecule has 0 aromatic heterocycles. The van der Waals surface area contributed by atoms with Crippen molar-refractivity contribution in [1.82, 2.24) is 5.32 Å². The molecule has 0 saturated carbocycles. The molecule has 3 rings (SSSR count). The highest BCUT2D eigenvalue weighted by molar-refractivity contribution is 6.40. The van der Waals surface area contributed by atoms with Crippen LogP contribution in [0.5, 0.6) is 0 Å². The fraction of sp³-hybridized carbons (Fsp3) is 0.417. The summed E-state index contributed by atoms with van der Waals surface area (Å²) in [4.78, 5) is 26.2. The lowest BCUT2D eigenvalue weighted by Crippen LogP contribution is -2.43. The van der Waals surface area contributed by atoms with Crippen LogP contribution in [-0.4, -0.2) is 30.4 Å². The zero-order chi connectivity index (χ0) is 24.3. The van der Waals surface area contributed by atoms with Gasteiger partial charge < -0.3 is 15.5 Å². The van der Waals surface area contributed by atoms with Crippen molar-refractivity contribution >= 4 is 46.4 Å². The number of carbonyl (C=O) groups excluding carboxylic acids is 2. The minimum atomic E-state index is -0.625. The first-order valence-electron chi connectivity index (χ1n) is 10.7. The van der Waals surface area contributed by atoms with Gasteiger partial charge >= 0.3 is 0 Å². The topological polar surface area (TPSA) is 61.4 Å². The molecule has 9 heteroatoms. The van der Waals surface area contributed by atoms with Gasteiger partial charge in [0.05, 0.1) is 22.3 Å². The predicted molar refractivity (Wildman–Crippen MR) is 128 cm³/mol. The third-order valence-electron chi connectivity index (χ3n) is 5.29. The highest BCUT2D eigenvalue weighted by Gasteiger charge is 2.30. The molecule has 0 spiro atoms. The molecule has 1 aliphatic rings.